The van der Waals surface area contributed by atoms with Crippen LogP contribution in [0.2, 0.25) is 5.02 Å². The summed E-state index contributed by atoms with van der Waals surface area (Å²) in [5.74, 6) is 0. The van der Waals surface area contributed by atoms with Crippen LogP contribution in [-0.4, -0.2) is 11.5 Å². The minimum Gasteiger partial charge on any atom is -0.309 e. The lowest BCUT2D eigenvalue weighted by Crippen LogP contribution is -2.22. The van der Waals surface area contributed by atoms with Crippen LogP contribution in [0.5, 0.6) is 0 Å². The number of unbranched alkanes of at least 4 members (excludes halogenated alkanes) is 1. The van der Waals surface area contributed by atoms with Crippen LogP contribution in [0.3, 0.4) is 0 Å². The van der Waals surface area contributed by atoms with E-state index in [-0.39, 0.29) is 0 Å². The molecule has 0 amide bonds. The van der Waals surface area contributed by atoms with Crippen LogP contribution in [0.15, 0.2) is 18.3 Å². The fraction of sp³-hybridized carbons (Fsp3) is 0.583. The first-order chi connectivity index (χ1) is 7.29. The van der Waals surface area contributed by atoms with Crippen LogP contribution < -0.4 is 5.32 Å². The molecule has 1 aromatic heterocycles. The number of aromatic nitrogens is 1. The van der Waals surface area contributed by atoms with Gasteiger partial charge in [-0.2, -0.15) is 0 Å². The third-order valence-electron chi connectivity index (χ3n) is 2.41. The smallest absolute Gasteiger partial charge is 0.0758 e. The largest absolute Gasteiger partial charge is 0.309 e. The van der Waals surface area contributed by atoms with Gasteiger partial charge in [0, 0.05) is 6.20 Å². The Bertz CT molecular complexity index is 289. The summed E-state index contributed by atoms with van der Waals surface area (Å²) in [5, 5.41) is 4.19. The van der Waals surface area contributed by atoms with Crippen LogP contribution >= 0.6 is 11.6 Å². The Morgan fingerprint density at radius 3 is 2.87 bits per heavy atom. The van der Waals surface area contributed by atoms with Gasteiger partial charge in [-0.15, -0.1) is 0 Å². The molecular formula is C12H19ClN2. The van der Waals surface area contributed by atoms with Crippen molar-refractivity contribution in [2.24, 2.45) is 0 Å². The highest BCUT2D eigenvalue weighted by Crippen LogP contribution is 2.24. The average Bonchev–Trinajstić information content (AvgIpc) is 2.25. The maximum atomic E-state index is 6.13. The van der Waals surface area contributed by atoms with Crippen molar-refractivity contribution < 1.29 is 0 Å². The predicted octanol–water partition coefficient (Wildman–Crippen LogP) is 3.58. The number of nitrogens with zero attached hydrogens (tertiary/aromatic N) is 1. The standard InChI is InChI=1S/C12H19ClN2/c1-3-5-8-11(14-4-2)12-10(13)7-6-9-15-12/h6-7,9,11,14H,3-5,8H2,1-2H3. The monoisotopic (exact) mass is 226 g/mol. The number of hydrogen-bond donors (Lipinski definition) is 1. The molecule has 3 heteroatoms. The number of hydrogen-bond acceptors (Lipinski definition) is 2. The molecule has 0 bridgehead atoms. The molecule has 1 unspecified atom stereocenters. The fourth-order valence-electron chi connectivity index (χ4n) is 1.64. The molecule has 84 valence electrons. The molecule has 1 N–H and O–H groups in total. The summed E-state index contributed by atoms with van der Waals surface area (Å²) in [5.41, 5.74) is 0.981. The fourth-order valence-corrected chi connectivity index (χ4v) is 1.90. The molecule has 0 aliphatic rings. The van der Waals surface area contributed by atoms with E-state index >= 15 is 0 Å². The van der Waals surface area contributed by atoms with E-state index in [1.807, 2.05) is 12.1 Å². The number of nitrogens with one attached hydrogen (secondary N) is 1. The van der Waals surface area contributed by atoms with Crippen molar-refractivity contribution in [3.8, 4) is 0 Å². The predicted molar refractivity (Wildman–Crippen MR) is 65.2 cm³/mol. The van der Waals surface area contributed by atoms with Crippen molar-refractivity contribution in [2.75, 3.05) is 6.54 Å². The second-order valence-corrected chi connectivity index (χ2v) is 4.03. The van der Waals surface area contributed by atoms with Gasteiger partial charge in [-0.1, -0.05) is 38.3 Å². The van der Waals surface area contributed by atoms with Crippen LogP contribution in [0.1, 0.15) is 44.8 Å². The molecule has 0 aromatic carbocycles. The van der Waals surface area contributed by atoms with E-state index in [4.69, 9.17) is 11.6 Å². The van der Waals surface area contributed by atoms with Gasteiger partial charge < -0.3 is 5.32 Å². The van der Waals surface area contributed by atoms with Gasteiger partial charge in [-0.3, -0.25) is 4.98 Å². The molecule has 0 aliphatic heterocycles. The maximum Gasteiger partial charge on any atom is 0.0758 e. The summed E-state index contributed by atoms with van der Waals surface area (Å²) in [6, 6.07) is 4.07. The first-order valence-electron chi connectivity index (χ1n) is 5.63. The third-order valence-corrected chi connectivity index (χ3v) is 2.73. The van der Waals surface area contributed by atoms with Gasteiger partial charge in [0.15, 0.2) is 0 Å². The second kappa shape index (κ2) is 6.81. The summed E-state index contributed by atoms with van der Waals surface area (Å²) >= 11 is 6.13. The number of pyridine rings is 1. The molecule has 1 heterocycles. The van der Waals surface area contributed by atoms with Crippen LogP contribution in [0.25, 0.3) is 0 Å². The summed E-state index contributed by atoms with van der Waals surface area (Å²) in [7, 11) is 0. The molecule has 1 atom stereocenters. The van der Waals surface area contributed by atoms with Crippen molar-refractivity contribution in [1.82, 2.24) is 10.3 Å². The lowest BCUT2D eigenvalue weighted by Gasteiger charge is -2.17. The van der Waals surface area contributed by atoms with Gasteiger partial charge in [0.1, 0.15) is 0 Å². The van der Waals surface area contributed by atoms with Crippen molar-refractivity contribution >= 4 is 11.6 Å². The minimum absolute atomic E-state index is 0.295. The molecule has 0 saturated carbocycles. The summed E-state index contributed by atoms with van der Waals surface area (Å²) in [6.07, 6.45) is 5.30. The first kappa shape index (κ1) is 12.5. The molecule has 2 nitrogen and oxygen atoms in total. The Hall–Kier alpha value is -0.600. The van der Waals surface area contributed by atoms with Gasteiger partial charge in [-0.05, 0) is 25.1 Å². The Labute approximate surface area is 97.1 Å². The molecular weight excluding hydrogens is 208 g/mol. The lowest BCUT2D eigenvalue weighted by atomic mass is 10.1. The Morgan fingerprint density at radius 2 is 2.27 bits per heavy atom. The van der Waals surface area contributed by atoms with Crippen LogP contribution in [0.4, 0.5) is 0 Å². The quantitative estimate of drug-likeness (QED) is 0.802. The zero-order valence-electron chi connectivity index (χ0n) is 9.46. The van der Waals surface area contributed by atoms with Crippen LogP contribution in [-0.2, 0) is 0 Å². The second-order valence-electron chi connectivity index (χ2n) is 3.62. The SMILES string of the molecule is CCCCC(NCC)c1ncccc1Cl. The Kier molecular flexibility index (Phi) is 5.66. The zero-order valence-corrected chi connectivity index (χ0v) is 10.2. The molecule has 0 aliphatic carbocycles. The van der Waals surface area contributed by atoms with E-state index in [1.54, 1.807) is 6.20 Å². The van der Waals surface area contributed by atoms with Crippen LogP contribution in [0, 0.1) is 0 Å². The van der Waals surface area contributed by atoms with Crippen molar-refractivity contribution in [2.45, 2.75) is 39.2 Å². The number of halogens is 1. The molecule has 15 heavy (non-hydrogen) atoms. The molecule has 1 aromatic rings. The average molecular weight is 227 g/mol. The van der Waals surface area contributed by atoms with Crippen molar-refractivity contribution in [3.63, 3.8) is 0 Å². The first-order valence-corrected chi connectivity index (χ1v) is 6.01. The Balaban J connectivity index is 2.74. The number of rotatable bonds is 6. The molecule has 0 fully saturated rings. The molecule has 0 radical (unpaired) electrons. The van der Waals surface area contributed by atoms with Gasteiger partial charge in [0.25, 0.3) is 0 Å². The van der Waals surface area contributed by atoms with E-state index in [0.717, 1.165) is 23.7 Å². The highest BCUT2D eigenvalue weighted by molar-refractivity contribution is 6.31. The topological polar surface area (TPSA) is 24.9 Å². The minimum atomic E-state index is 0.295. The molecule has 0 saturated heterocycles. The maximum absolute atomic E-state index is 6.13. The zero-order chi connectivity index (χ0) is 11.1. The van der Waals surface area contributed by atoms with E-state index in [9.17, 15) is 0 Å². The van der Waals surface area contributed by atoms with E-state index < -0.39 is 0 Å². The van der Waals surface area contributed by atoms with Gasteiger partial charge in [-0.25, -0.2) is 0 Å². The van der Waals surface area contributed by atoms with E-state index in [0.29, 0.717) is 6.04 Å². The molecule has 0 spiro atoms. The highest BCUT2D eigenvalue weighted by atomic mass is 35.5. The normalized spacial score (nSPS) is 12.7. The van der Waals surface area contributed by atoms with Gasteiger partial charge >= 0.3 is 0 Å². The summed E-state index contributed by atoms with van der Waals surface area (Å²) < 4.78 is 0. The van der Waals surface area contributed by atoms with Gasteiger partial charge in [0.2, 0.25) is 0 Å². The van der Waals surface area contributed by atoms with Gasteiger partial charge in [0.05, 0.1) is 16.8 Å². The Morgan fingerprint density at radius 1 is 1.47 bits per heavy atom. The summed E-state index contributed by atoms with van der Waals surface area (Å²) in [4.78, 5) is 4.36. The van der Waals surface area contributed by atoms with E-state index in [1.165, 1.54) is 12.8 Å². The van der Waals surface area contributed by atoms with E-state index in [2.05, 4.69) is 24.1 Å². The van der Waals surface area contributed by atoms with Crippen molar-refractivity contribution in [3.05, 3.63) is 29.0 Å². The highest BCUT2D eigenvalue weighted by Gasteiger charge is 2.13. The van der Waals surface area contributed by atoms with Crippen molar-refractivity contribution in [1.29, 1.82) is 0 Å². The lowest BCUT2D eigenvalue weighted by molar-refractivity contribution is 0.485. The summed E-state index contributed by atoms with van der Waals surface area (Å²) in [6.45, 7) is 5.25. The third kappa shape index (κ3) is 3.80. The molecule has 1 rings (SSSR count).